The van der Waals surface area contributed by atoms with E-state index in [1.165, 1.54) is 11.3 Å². The van der Waals surface area contributed by atoms with Gasteiger partial charge in [-0.3, -0.25) is 4.57 Å². The zero-order valence-electron chi connectivity index (χ0n) is 23.4. The van der Waals surface area contributed by atoms with Gasteiger partial charge < -0.3 is 0 Å². The molecule has 0 radical (unpaired) electrons. The lowest BCUT2D eigenvalue weighted by Gasteiger charge is -2.17. The van der Waals surface area contributed by atoms with Gasteiger partial charge in [0.05, 0.1) is 22.1 Å². The quantitative estimate of drug-likeness (QED) is 0.224. The number of imidazole rings is 1. The van der Waals surface area contributed by atoms with Gasteiger partial charge in [-0.25, -0.2) is 19.9 Å². The van der Waals surface area contributed by atoms with Crippen molar-refractivity contribution in [3.8, 4) is 51.0 Å². The predicted octanol–water partition coefficient (Wildman–Crippen LogP) is 8.52. The smallest absolute Gasteiger partial charge is 0.164 e. The molecule has 0 saturated heterocycles. The molecule has 0 aliphatic carbocycles. The van der Waals surface area contributed by atoms with E-state index in [4.69, 9.17) is 19.9 Å². The van der Waals surface area contributed by atoms with Crippen molar-refractivity contribution in [2.45, 2.75) is 19.3 Å². The minimum atomic E-state index is -0.140. The van der Waals surface area contributed by atoms with Crippen LogP contribution in [0, 0.1) is 0 Å². The van der Waals surface area contributed by atoms with Crippen molar-refractivity contribution in [2.24, 2.45) is 0 Å². The summed E-state index contributed by atoms with van der Waals surface area (Å²) >= 11 is 0. The number of hydrogen-bond acceptors (Lipinski definition) is 4. The lowest BCUT2D eigenvalue weighted by atomic mass is 9.86. The summed E-state index contributed by atoms with van der Waals surface area (Å²) in [6.07, 6.45) is 0. The molecule has 7 aromatic rings. The van der Waals surface area contributed by atoms with Gasteiger partial charge in [-0.05, 0) is 48.7 Å². The van der Waals surface area contributed by atoms with Crippen molar-refractivity contribution in [2.75, 3.05) is 0 Å². The highest BCUT2D eigenvalue weighted by Crippen LogP contribution is 2.44. The van der Waals surface area contributed by atoms with E-state index >= 15 is 0 Å². The van der Waals surface area contributed by atoms with Gasteiger partial charge >= 0.3 is 0 Å². The van der Waals surface area contributed by atoms with Crippen LogP contribution in [0.15, 0.2) is 127 Å². The summed E-state index contributed by atoms with van der Waals surface area (Å²) in [6, 6.07) is 43.7. The number of benzene rings is 5. The molecule has 0 fully saturated rings. The molecule has 0 unspecified atom stereocenters. The number of fused-ring (bicyclic) bond motifs is 5. The first-order chi connectivity index (χ1) is 20.6. The summed E-state index contributed by atoms with van der Waals surface area (Å²) in [4.78, 5) is 19.7. The SMILES string of the molecule is CC1(C)c2ccccc2-n2c1nc1cc(-c3ccc(-c4nc(-c5ccccc5)nc(-c5ccccc5)n4)cc3)ccc12. The highest BCUT2D eigenvalue weighted by Gasteiger charge is 2.38. The summed E-state index contributed by atoms with van der Waals surface area (Å²) in [5, 5.41) is 0. The Hall–Kier alpha value is -5.42. The fourth-order valence-corrected chi connectivity index (χ4v) is 5.99. The monoisotopic (exact) mass is 541 g/mol. The second kappa shape index (κ2) is 9.32. The van der Waals surface area contributed by atoms with Crippen molar-refractivity contribution in [1.82, 2.24) is 24.5 Å². The minimum Gasteiger partial charge on any atom is -0.295 e. The molecule has 0 amide bonds. The molecule has 1 aliphatic heterocycles. The zero-order valence-corrected chi connectivity index (χ0v) is 23.4. The Kier molecular flexibility index (Phi) is 5.41. The summed E-state index contributed by atoms with van der Waals surface area (Å²) in [6.45, 7) is 4.51. The average molecular weight is 542 g/mol. The fourth-order valence-electron chi connectivity index (χ4n) is 5.99. The van der Waals surface area contributed by atoms with Gasteiger partial charge in [-0.2, -0.15) is 0 Å². The molecular weight excluding hydrogens is 514 g/mol. The summed E-state index contributed by atoms with van der Waals surface area (Å²) < 4.78 is 2.31. The Labute approximate surface area is 244 Å². The number of hydrogen-bond donors (Lipinski definition) is 0. The topological polar surface area (TPSA) is 56.5 Å². The molecule has 0 saturated carbocycles. The third-order valence-corrected chi connectivity index (χ3v) is 8.21. The Morgan fingerprint density at radius 1 is 0.476 bits per heavy atom. The van der Waals surface area contributed by atoms with Crippen molar-refractivity contribution in [3.63, 3.8) is 0 Å². The highest BCUT2D eigenvalue weighted by molar-refractivity contribution is 5.86. The lowest BCUT2D eigenvalue weighted by molar-refractivity contribution is 0.621. The van der Waals surface area contributed by atoms with E-state index in [1.54, 1.807) is 0 Å². The number of nitrogens with zero attached hydrogens (tertiary/aromatic N) is 5. The number of rotatable bonds is 4. The summed E-state index contributed by atoms with van der Waals surface area (Å²) in [5.41, 5.74) is 9.65. The normalized spacial score (nSPS) is 13.2. The molecule has 0 N–H and O–H groups in total. The van der Waals surface area contributed by atoms with E-state index in [-0.39, 0.29) is 5.41 Å². The van der Waals surface area contributed by atoms with E-state index < -0.39 is 0 Å². The largest absolute Gasteiger partial charge is 0.295 e. The Morgan fingerprint density at radius 3 is 1.60 bits per heavy atom. The maximum Gasteiger partial charge on any atom is 0.164 e. The molecule has 0 bridgehead atoms. The molecule has 0 atom stereocenters. The van der Waals surface area contributed by atoms with Gasteiger partial charge in [0.1, 0.15) is 5.82 Å². The second-order valence-electron chi connectivity index (χ2n) is 11.2. The first kappa shape index (κ1) is 24.4. The van der Waals surface area contributed by atoms with Crippen LogP contribution in [0.4, 0.5) is 0 Å². The van der Waals surface area contributed by atoms with Crippen LogP contribution in [0.5, 0.6) is 0 Å². The van der Waals surface area contributed by atoms with Crippen LogP contribution in [-0.4, -0.2) is 24.5 Å². The van der Waals surface area contributed by atoms with Gasteiger partial charge in [0.25, 0.3) is 0 Å². The molecule has 8 rings (SSSR count). The van der Waals surface area contributed by atoms with Crippen LogP contribution in [0.2, 0.25) is 0 Å². The summed E-state index contributed by atoms with van der Waals surface area (Å²) in [5.74, 6) is 3.05. The molecule has 1 aliphatic rings. The van der Waals surface area contributed by atoms with Gasteiger partial charge in [-0.15, -0.1) is 0 Å². The molecule has 3 heterocycles. The summed E-state index contributed by atoms with van der Waals surface area (Å²) in [7, 11) is 0. The van der Waals surface area contributed by atoms with Gasteiger partial charge in [-0.1, -0.05) is 109 Å². The molecule has 5 aromatic carbocycles. The van der Waals surface area contributed by atoms with Gasteiger partial charge in [0.15, 0.2) is 17.5 Å². The number of para-hydroxylation sites is 1. The average Bonchev–Trinajstić information content (AvgIpc) is 3.54. The van der Waals surface area contributed by atoms with Crippen molar-refractivity contribution < 1.29 is 0 Å². The van der Waals surface area contributed by atoms with E-state index in [9.17, 15) is 0 Å². The highest BCUT2D eigenvalue weighted by atomic mass is 15.1. The maximum absolute atomic E-state index is 5.13. The molecule has 200 valence electrons. The fraction of sp³-hybridized carbons (Fsp3) is 0.0811. The maximum atomic E-state index is 5.13. The van der Waals surface area contributed by atoms with Crippen molar-refractivity contribution in [1.29, 1.82) is 0 Å². The van der Waals surface area contributed by atoms with Crippen molar-refractivity contribution >= 4 is 11.0 Å². The van der Waals surface area contributed by atoms with Gasteiger partial charge in [0, 0.05) is 16.7 Å². The van der Waals surface area contributed by atoms with Gasteiger partial charge in [0.2, 0.25) is 0 Å². The predicted molar refractivity (Wildman–Crippen MR) is 168 cm³/mol. The standard InChI is InChI=1S/C37H27N5/c1-37(2)29-15-9-10-16-31(29)42-32-22-21-28(23-30(32)38-36(37)42)24-17-19-27(20-18-24)35-40-33(25-11-5-3-6-12-25)39-34(41-35)26-13-7-4-8-14-26/h3-23H,1-2H3. The third kappa shape index (κ3) is 3.85. The molecule has 5 nitrogen and oxygen atoms in total. The zero-order chi connectivity index (χ0) is 28.3. The molecule has 42 heavy (non-hydrogen) atoms. The van der Waals surface area contributed by atoms with Crippen LogP contribution in [0.3, 0.4) is 0 Å². The number of aromatic nitrogens is 5. The lowest BCUT2D eigenvalue weighted by Crippen LogP contribution is -2.16. The van der Waals surface area contributed by atoms with Crippen LogP contribution in [0.25, 0.3) is 62.0 Å². The molecule has 5 heteroatoms. The van der Waals surface area contributed by atoms with E-state index in [0.29, 0.717) is 17.5 Å². The Balaban J connectivity index is 1.18. The van der Waals surface area contributed by atoms with Crippen LogP contribution in [-0.2, 0) is 5.41 Å². The second-order valence-corrected chi connectivity index (χ2v) is 11.2. The van der Waals surface area contributed by atoms with E-state index in [2.05, 4.69) is 85.1 Å². The minimum absolute atomic E-state index is 0.140. The van der Waals surface area contributed by atoms with E-state index in [0.717, 1.165) is 44.7 Å². The van der Waals surface area contributed by atoms with Crippen LogP contribution in [0.1, 0.15) is 25.2 Å². The first-order valence-electron chi connectivity index (χ1n) is 14.2. The Bertz CT molecular complexity index is 2040. The first-order valence-corrected chi connectivity index (χ1v) is 14.2. The molecule has 0 spiro atoms. The molecular formula is C37H27N5. The van der Waals surface area contributed by atoms with Crippen molar-refractivity contribution in [3.05, 3.63) is 139 Å². The Morgan fingerprint density at radius 2 is 0.976 bits per heavy atom. The van der Waals surface area contributed by atoms with Crippen LogP contribution < -0.4 is 0 Å². The third-order valence-electron chi connectivity index (χ3n) is 8.21. The molecule has 2 aromatic heterocycles. The van der Waals surface area contributed by atoms with E-state index in [1.807, 2.05) is 60.7 Å². The van der Waals surface area contributed by atoms with Crippen LogP contribution >= 0.6 is 0 Å².